The van der Waals surface area contributed by atoms with Crippen LogP contribution in [0.15, 0.2) is 84.9 Å². The minimum absolute atomic E-state index is 0.310. The second kappa shape index (κ2) is 7.69. The molecule has 3 aromatic carbocycles. The summed E-state index contributed by atoms with van der Waals surface area (Å²) in [6, 6.07) is 28.6. The molecule has 0 aliphatic carbocycles. The maximum absolute atomic E-state index is 4.76. The summed E-state index contributed by atoms with van der Waals surface area (Å²) in [6.45, 7) is 0. The molecule has 0 saturated heterocycles. The van der Waals surface area contributed by atoms with Gasteiger partial charge in [0.25, 0.3) is 0 Å². The van der Waals surface area contributed by atoms with E-state index < -0.39 is 0 Å². The summed E-state index contributed by atoms with van der Waals surface area (Å²) in [5, 5.41) is 1.37. The van der Waals surface area contributed by atoms with Gasteiger partial charge in [0, 0.05) is 16.7 Å². The van der Waals surface area contributed by atoms with E-state index in [1.54, 1.807) is 0 Å². The van der Waals surface area contributed by atoms with Crippen molar-refractivity contribution in [3.8, 4) is 34.2 Å². The van der Waals surface area contributed by atoms with E-state index in [-0.39, 0.29) is 9.19 Å². The van der Waals surface area contributed by atoms with Crippen LogP contribution in [0, 0.1) is 0 Å². The predicted octanol–water partition coefficient (Wildman–Crippen LogP) is 3.46. The van der Waals surface area contributed by atoms with Gasteiger partial charge in [-0.25, -0.2) is 15.0 Å². The fourth-order valence-electron chi connectivity index (χ4n) is 2.78. The molecule has 26 heavy (non-hydrogen) atoms. The van der Waals surface area contributed by atoms with Crippen LogP contribution in [0.3, 0.4) is 0 Å². The molecule has 0 amide bonds. The molecule has 0 fully saturated rings. The summed E-state index contributed by atoms with van der Waals surface area (Å²) in [5.41, 5.74) is 3.02. The molecule has 1 unspecified atom stereocenters. The highest BCUT2D eigenvalue weighted by Gasteiger charge is 2.12. The van der Waals surface area contributed by atoms with Crippen LogP contribution < -0.4 is 5.19 Å². The van der Waals surface area contributed by atoms with Gasteiger partial charge in [0.15, 0.2) is 17.5 Å². The van der Waals surface area contributed by atoms with Crippen molar-refractivity contribution >= 4 is 23.2 Å². The number of rotatable bonds is 4. The quantitative estimate of drug-likeness (QED) is 0.407. The number of hydrogen-bond donors (Lipinski definition) is 0. The van der Waals surface area contributed by atoms with E-state index in [1.165, 1.54) is 5.19 Å². The maximum atomic E-state index is 4.76. The average Bonchev–Trinajstić information content (AvgIpc) is 2.75. The van der Waals surface area contributed by atoms with Gasteiger partial charge in [-0.05, 0) is 0 Å². The minimum atomic E-state index is -0.310. The molecule has 126 valence electrons. The van der Waals surface area contributed by atoms with Gasteiger partial charge in [-0.2, -0.15) is 8.79 Å². The molecule has 5 heteroatoms. The second-order valence-electron chi connectivity index (χ2n) is 5.94. The molecule has 4 rings (SSSR count). The lowest BCUT2D eigenvalue weighted by molar-refractivity contribution is 1.07. The highest BCUT2D eigenvalue weighted by molar-refractivity contribution is 7.58. The molecule has 0 saturated carbocycles. The lowest BCUT2D eigenvalue weighted by Crippen LogP contribution is -2.08. The van der Waals surface area contributed by atoms with Crippen molar-refractivity contribution in [2.75, 3.05) is 0 Å². The summed E-state index contributed by atoms with van der Waals surface area (Å²) in [6.07, 6.45) is 0. The van der Waals surface area contributed by atoms with Gasteiger partial charge in [0.05, 0.1) is 9.19 Å². The molecule has 0 spiro atoms. The third kappa shape index (κ3) is 3.62. The Morgan fingerprint density at radius 3 is 1.50 bits per heavy atom. The fraction of sp³-hybridized carbons (Fsp3) is 0. The molecule has 0 bridgehead atoms. The van der Waals surface area contributed by atoms with E-state index in [2.05, 4.69) is 33.1 Å². The van der Waals surface area contributed by atoms with Gasteiger partial charge in [-0.1, -0.05) is 90.1 Å². The van der Waals surface area contributed by atoms with Crippen molar-refractivity contribution in [3.05, 3.63) is 84.9 Å². The van der Waals surface area contributed by atoms with E-state index in [0.29, 0.717) is 17.5 Å². The summed E-state index contributed by atoms with van der Waals surface area (Å²) < 4.78 is 0. The number of benzene rings is 3. The SMILES string of the molecule is P[SiH2]c1cccc(-c2nc(-c3ccccc3)nc(-c3ccccc3)n2)c1. The Kier molecular flexibility index (Phi) is 4.96. The summed E-state index contributed by atoms with van der Waals surface area (Å²) in [7, 11) is 2.58. The van der Waals surface area contributed by atoms with E-state index in [0.717, 1.165) is 16.7 Å². The van der Waals surface area contributed by atoms with Crippen LogP contribution in [0.25, 0.3) is 34.2 Å². The van der Waals surface area contributed by atoms with Crippen molar-refractivity contribution in [2.24, 2.45) is 0 Å². The van der Waals surface area contributed by atoms with Gasteiger partial charge >= 0.3 is 0 Å². The largest absolute Gasteiger partial charge is 0.208 e. The minimum Gasteiger partial charge on any atom is -0.208 e. The number of hydrogen-bond acceptors (Lipinski definition) is 3. The standard InChI is InChI=1S/C21H18N3PSi/c25-26-18-13-7-12-17(14-18)21-23-19(15-8-3-1-4-9-15)22-20(24-21)16-10-5-2-6-11-16/h1-14H,25-26H2. The van der Waals surface area contributed by atoms with Crippen LogP contribution in [0.4, 0.5) is 0 Å². The molecular weight excluding hydrogens is 353 g/mol. The first-order chi connectivity index (χ1) is 12.8. The van der Waals surface area contributed by atoms with Crippen molar-refractivity contribution in [1.82, 2.24) is 15.0 Å². The molecule has 3 nitrogen and oxygen atoms in total. The Labute approximate surface area is 157 Å². The second-order valence-corrected chi connectivity index (χ2v) is 8.39. The van der Waals surface area contributed by atoms with E-state index in [9.17, 15) is 0 Å². The van der Waals surface area contributed by atoms with Gasteiger partial charge in [0.1, 0.15) is 0 Å². The molecule has 1 atom stereocenters. The Hall–Kier alpha value is -2.68. The predicted molar refractivity (Wildman–Crippen MR) is 114 cm³/mol. The van der Waals surface area contributed by atoms with Gasteiger partial charge in [0.2, 0.25) is 0 Å². The monoisotopic (exact) mass is 371 g/mol. The van der Waals surface area contributed by atoms with Crippen LogP contribution in [0.2, 0.25) is 0 Å². The van der Waals surface area contributed by atoms with Gasteiger partial charge in [-0.3, -0.25) is 0 Å². The van der Waals surface area contributed by atoms with Crippen LogP contribution in [-0.2, 0) is 0 Å². The summed E-state index contributed by atoms with van der Waals surface area (Å²) >= 11 is 0. The van der Waals surface area contributed by atoms with Crippen molar-refractivity contribution < 1.29 is 0 Å². The number of nitrogens with zero attached hydrogens (tertiary/aromatic N) is 3. The zero-order valence-electron chi connectivity index (χ0n) is 14.2. The lowest BCUT2D eigenvalue weighted by atomic mass is 10.1. The topological polar surface area (TPSA) is 38.7 Å². The zero-order valence-corrected chi connectivity index (χ0v) is 16.8. The normalized spacial score (nSPS) is 11.1. The first-order valence-electron chi connectivity index (χ1n) is 8.50. The number of aromatic nitrogens is 3. The molecule has 0 aliphatic rings. The fourth-order valence-corrected chi connectivity index (χ4v) is 4.15. The van der Waals surface area contributed by atoms with Crippen molar-refractivity contribution in [2.45, 2.75) is 0 Å². The molecule has 0 aliphatic heterocycles. The van der Waals surface area contributed by atoms with Gasteiger partial charge in [-0.15, -0.1) is 0 Å². The first kappa shape index (κ1) is 16.8. The Morgan fingerprint density at radius 1 is 0.538 bits per heavy atom. The van der Waals surface area contributed by atoms with Crippen LogP contribution in [-0.4, -0.2) is 24.1 Å². The van der Waals surface area contributed by atoms with Crippen LogP contribution in [0.1, 0.15) is 0 Å². The summed E-state index contributed by atoms with van der Waals surface area (Å²) in [4.78, 5) is 14.2. The van der Waals surface area contributed by atoms with Crippen LogP contribution >= 0.6 is 8.79 Å². The molecule has 0 N–H and O–H groups in total. The Morgan fingerprint density at radius 2 is 1.00 bits per heavy atom. The van der Waals surface area contributed by atoms with Crippen molar-refractivity contribution in [1.29, 1.82) is 0 Å². The van der Waals surface area contributed by atoms with E-state index in [1.807, 2.05) is 60.7 Å². The Balaban J connectivity index is 1.90. The molecular formula is C21H18N3PSi. The molecule has 0 radical (unpaired) electrons. The average molecular weight is 371 g/mol. The smallest absolute Gasteiger partial charge is 0.164 e. The molecule has 1 heterocycles. The summed E-state index contributed by atoms with van der Waals surface area (Å²) in [5.74, 6) is 2.11. The molecule has 4 aromatic rings. The van der Waals surface area contributed by atoms with Crippen molar-refractivity contribution in [3.63, 3.8) is 0 Å². The van der Waals surface area contributed by atoms with E-state index in [4.69, 9.17) is 15.0 Å². The first-order valence-corrected chi connectivity index (χ1v) is 12.5. The van der Waals surface area contributed by atoms with E-state index >= 15 is 0 Å². The Bertz CT molecular complexity index is 966. The highest BCUT2D eigenvalue weighted by atomic mass is 31.3. The third-order valence-electron chi connectivity index (χ3n) is 4.12. The zero-order chi connectivity index (χ0) is 17.8. The maximum Gasteiger partial charge on any atom is 0.164 e. The highest BCUT2D eigenvalue weighted by Crippen LogP contribution is 2.23. The molecule has 1 aromatic heterocycles. The van der Waals surface area contributed by atoms with Gasteiger partial charge < -0.3 is 0 Å². The lowest BCUT2D eigenvalue weighted by Gasteiger charge is -2.09. The van der Waals surface area contributed by atoms with Crippen LogP contribution in [0.5, 0.6) is 0 Å². The third-order valence-corrected chi connectivity index (χ3v) is 6.45.